The highest BCUT2D eigenvalue weighted by Gasteiger charge is 2.64. The SMILES string of the molecule is CC1(C)C(NC(=O)c2ccc(N3CC4(C3)CN(C3CCN(c5ccc6c(c5)C(=O)N(C5CCC(=O)NC5=O)C6=O)CC3)C4)cc2)C(C)(C)C1Oc1ccc(C#N)c(Cl)c1. The zero-order chi connectivity index (χ0) is 41.6. The van der Waals surface area contributed by atoms with Crippen molar-refractivity contribution in [3.63, 3.8) is 0 Å². The molecule has 1 saturated carbocycles. The van der Waals surface area contributed by atoms with Crippen LogP contribution in [-0.4, -0.2) is 103 Å². The first kappa shape index (κ1) is 39.0. The molecule has 2 N–H and O–H groups in total. The van der Waals surface area contributed by atoms with Crippen LogP contribution in [0.25, 0.3) is 0 Å². The third-order valence-corrected chi connectivity index (χ3v) is 14.1. The third kappa shape index (κ3) is 6.52. The summed E-state index contributed by atoms with van der Waals surface area (Å²) in [6.45, 7) is 14.2. The van der Waals surface area contributed by atoms with Crippen LogP contribution in [0.4, 0.5) is 11.4 Å². The molecule has 6 aliphatic rings. The molecule has 3 aromatic carbocycles. The number of halogens is 1. The summed E-state index contributed by atoms with van der Waals surface area (Å²) in [4.78, 5) is 72.3. The van der Waals surface area contributed by atoms with E-state index in [1.54, 1.807) is 30.3 Å². The second-order valence-corrected chi connectivity index (χ2v) is 18.9. The molecule has 306 valence electrons. The Balaban J connectivity index is 0.735. The van der Waals surface area contributed by atoms with Crippen LogP contribution < -0.4 is 25.2 Å². The first-order chi connectivity index (χ1) is 28.1. The number of carbonyl (C=O) groups excluding carboxylic acids is 5. The molecule has 1 unspecified atom stereocenters. The van der Waals surface area contributed by atoms with Gasteiger partial charge in [-0.1, -0.05) is 39.3 Å². The number of anilines is 2. The number of hydrogen-bond donors (Lipinski definition) is 2. The monoisotopic (exact) mass is 817 g/mol. The highest BCUT2D eigenvalue weighted by molar-refractivity contribution is 6.31. The van der Waals surface area contributed by atoms with E-state index in [9.17, 15) is 29.2 Å². The van der Waals surface area contributed by atoms with Gasteiger partial charge in [0, 0.05) is 97.0 Å². The lowest BCUT2D eigenvalue weighted by atomic mass is 9.49. The van der Waals surface area contributed by atoms with E-state index >= 15 is 0 Å². The van der Waals surface area contributed by atoms with Gasteiger partial charge in [0.1, 0.15) is 24.0 Å². The van der Waals surface area contributed by atoms with E-state index in [-0.39, 0.29) is 47.1 Å². The van der Waals surface area contributed by atoms with Gasteiger partial charge in [-0.2, -0.15) is 5.26 Å². The van der Waals surface area contributed by atoms with Crippen LogP contribution in [0.5, 0.6) is 5.75 Å². The molecule has 1 atom stereocenters. The zero-order valence-electron chi connectivity index (χ0n) is 33.7. The van der Waals surface area contributed by atoms with Gasteiger partial charge >= 0.3 is 0 Å². The van der Waals surface area contributed by atoms with Crippen LogP contribution >= 0.6 is 11.6 Å². The Morgan fingerprint density at radius 1 is 0.831 bits per heavy atom. The van der Waals surface area contributed by atoms with Crippen molar-refractivity contribution >= 4 is 52.5 Å². The molecule has 0 radical (unpaired) electrons. The first-order valence-electron chi connectivity index (χ1n) is 20.5. The van der Waals surface area contributed by atoms with Gasteiger partial charge in [-0.25, -0.2) is 0 Å². The number of likely N-dealkylation sites (tertiary alicyclic amines) is 1. The number of nitriles is 1. The van der Waals surface area contributed by atoms with E-state index < -0.39 is 29.7 Å². The number of piperidine rings is 2. The van der Waals surface area contributed by atoms with Crippen molar-refractivity contribution in [3.05, 3.63) is 87.9 Å². The van der Waals surface area contributed by atoms with Crippen molar-refractivity contribution in [2.45, 2.75) is 77.6 Å². The summed E-state index contributed by atoms with van der Waals surface area (Å²) < 4.78 is 6.38. The number of nitrogens with zero attached hydrogens (tertiary/aromatic N) is 5. The maximum atomic E-state index is 13.5. The lowest BCUT2D eigenvalue weighted by molar-refractivity contribution is -0.164. The van der Waals surface area contributed by atoms with E-state index in [0.29, 0.717) is 39.1 Å². The highest BCUT2D eigenvalue weighted by Crippen LogP contribution is 2.56. The Kier molecular flexibility index (Phi) is 9.32. The summed E-state index contributed by atoms with van der Waals surface area (Å²) in [7, 11) is 0. The van der Waals surface area contributed by atoms with Crippen LogP contribution in [0, 0.1) is 27.6 Å². The minimum Gasteiger partial charge on any atom is -0.489 e. The molecule has 5 fully saturated rings. The quantitative estimate of drug-likeness (QED) is 0.297. The van der Waals surface area contributed by atoms with Crippen molar-refractivity contribution in [2.75, 3.05) is 49.1 Å². The first-order valence-corrected chi connectivity index (χ1v) is 20.8. The molecule has 4 saturated heterocycles. The number of rotatable bonds is 8. The van der Waals surface area contributed by atoms with E-state index in [2.05, 4.69) is 59.1 Å². The van der Waals surface area contributed by atoms with Gasteiger partial charge in [0.15, 0.2) is 0 Å². The fourth-order valence-electron chi connectivity index (χ4n) is 11.0. The predicted octanol–water partition coefficient (Wildman–Crippen LogP) is 5.02. The number of amides is 5. The Labute approximate surface area is 348 Å². The second-order valence-electron chi connectivity index (χ2n) is 18.5. The number of ether oxygens (including phenoxy) is 1. The fraction of sp³-hybridized carbons (Fsp3) is 0.467. The van der Waals surface area contributed by atoms with Crippen LogP contribution in [0.2, 0.25) is 5.02 Å². The standard InChI is InChI=1S/C45H48ClN7O6/c1-43(2)41(44(3,4)42(43)59-31-11-7-27(21-47)34(46)20-31)49-37(55)26-5-8-28(9-6-26)51-22-45(23-51)24-52(25-45)29-15-17-50(18-16-29)30-10-12-32-33(19-30)40(58)53(39(32)57)35-13-14-36(54)48-38(35)56/h5-12,19-20,29,35,41-42H,13-18,22-25H2,1-4H3,(H,49,55)(H,48,54,56). The Morgan fingerprint density at radius 2 is 1.49 bits per heavy atom. The number of fused-ring (bicyclic) bond motifs is 1. The third-order valence-electron chi connectivity index (χ3n) is 13.8. The normalized spacial score (nSPS) is 25.7. The van der Waals surface area contributed by atoms with E-state index in [1.807, 2.05) is 30.3 Å². The molecule has 1 aliphatic carbocycles. The van der Waals surface area contributed by atoms with Crippen LogP contribution in [0.1, 0.15) is 90.0 Å². The molecule has 5 heterocycles. The lowest BCUT2D eigenvalue weighted by Crippen LogP contribution is -2.74. The zero-order valence-corrected chi connectivity index (χ0v) is 34.5. The summed E-state index contributed by atoms with van der Waals surface area (Å²) in [6, 6.07) is 19.8. The van der Waals surface area contributed by atoms with Crippen molar-refractivity contribution in [1.29, 1.82) is 5.26 Å². The van der Waals surface area contributed by atoms with E-state index in [1.165, 1.54) is 0 Å². The molecule has 5 aliphatic heterocycles. The molecule has 3 aromatic rings. The highest BCUT2D eigenvalue weighted by atomic mass is 35.5. The molecule has 0 bridgehead atoms. The summed E-state index contributed by atoms with van der Waals surface area (Å²) in [6.07, 6.45) is 2.06. The lowest BCUT2D eigenvalue weighted by Gasteiger charge is -2.63. The van der Waals surface area contributed by atoms with Crippen LogP contribution in [0.3, 0.4) is 0 Å². The van der Waals surface area contributed by atoms with Gasteiger partial charge in [-0.15, -0.1) is 0 Å². The number of hydrogen-bond acceptors (Lipinski definition) is 10. The molecule has 1 spiro atoms. The van der Waals surface area contributed by atoms with Crippen molar-refractivity contribution in [2.24, 2.45) is 16.2 Å². The molecule has 0 aromatic heterocycles. The van der Waals surface area contributed by atoms with E-state index in [4.69, 9.17) is 16.3 Å². The van der Waals surface area contributed by atoms with Gasteiger partial charge in [-0.3, -0.25) is 39.1 Å². The number of benzene rings is 3. The van der Waals surface area contributed by atoms with Gasteiger partial charge in [0.05, 0.1) is 21.7 Å². The Hall–Kier alpha value is -5.45. The summed E-state index contributed by atoms with van der Waals surface area (Å²) in [5.74, 6) is -1.48. The average Bonchev–Trinajstić information content (AvgIpc) is 3.43. The predicted molar refractivity (Wildman–Crippen MR) is 220 cm³/mol. The molecule has 59 heavy (non-hydrogen) atoms. The average molecular weight is 818 g/mol. The molecule has 5 amide bonds. The molecule has 13 nitrogen and oxygen atoms in total. The summed E-state index contributed by atoms with van der Waals surface area (Å²) >= 11 is 6.25. The summed E-state index contributed by atoms with van der Waals surface area (Å²) in [5, 5.41) is 15.1. The smallest absolute Gasteiger partial charge is 0.262 e. The van der Waals surface area contributed by atoms with Crippen molar-refractivity contribution in [3.8, 4) is 11.8 Å². The minimum atomic E-state index is -0.972. The van der Waals surface area contributed by atoms with Gasteiger partial charge in [-0.05, 0) is 73.9 Å². The molecular weight excluding hydrogens is 770 g/mol. The maximum Gasteiger partial charge on any atom is 0.262 e. The minimum absolute atomic E-state index is 0.0921. The topological polar surface area (TPSA) is 155 Å². The van der Waals surface area contributed by atoms with Gasteiger partial charge in [0.2, 0.25) is 11.8 Å². The molecular formula is C45H48ClN7O6. The van der Waals surface area contributed by atoms with Crippen LogP contribution in [-0.2, 0) is 9.59 Å². The van der Waals surface area contributed by atoms with Gasteiger partial charge < -0.3 is 19.9 Å². The Morgan fingerprint density at radius 3 is 2.14 bits per heavy atom. The fourth-order valence-corrected chi connectivity index (χ4v) is 11.2. The summed E-state index contributed by atoms with van der Waals surface area (Å²) in [5.41, 5.74) is 3.23. The maximum absolute atomic E-state index is 13.5. The van der Waals surface area contributed by atoms with Gasteiger partial charge in [0.25, 0.3) is 17.7 Å². The second kappa shape index (κ2) is 14.1. The Bertz CT molecular complexity index is 2300. The molecule has 14 heteroatoms. The largest absolute Gasteiger partial charge is 0.489 e. The van der Waals surface area contributed by atoms with E-state index in [0.717, 1.165) is 68.4 Å². The number of carbonyl (C=O) groups is 5. The number of nitrogens with one attached hydrogen (secondary N) is 2. The van der Waals surface area contributed by atoms with Crippen molar-refractivity contribution in [1.82, 2.24) is 20.4 Å². The molecule has 9 rings (SSSR count). The number of imide groups is 2. The van der Waals surface area contributed by atoms with Crippen LogP contribution in [0.15, 0.2) is 60.7 Å². The van der Waals surface area contributed by atoms with Crippen molar-refractivity contribution < 1.29 is 28.7 Å².